The molecule has 1 saturated heterocycles. The summed E-state index contributed by atoms with van der Waals surface area (Å²) in [6.45, 7) is 11.4. The highest BCUT2D eigenvalue weighted by Crippen LogP contribution is 2.34. The quantitative estimate of drug-likeness (QED) is 0.521. The summed E-state index contributed by atoms with van der Waals surface area (Å²) in [5.74, 6) is -0.344. The van der Waals surface area contributed by atoms with Crippen molar-refractivity contribution in [3.63, 3.8) is 0 Å². The van der Waals surface area contributed by atoms with E-state index in [1.54, 1.807) is 12.1 Å². The highest BCUT2D eigenvalue weighted by Gasteiger charge is 2.20. The zero-order chi connectivity index (χ0) is 23.5. The first kappa shape index (κ1) is 22.7. The molecule has 33 heavy (non-hydrogen) atoms. The molecular formula is C24H24ClFN6O. The number of halogens is 2. The zero-order valence-electron chi connectivity index (χ0n) is 18.2. The second-order valence-corrected chi connectivity index (χ2v) is 8.23. The van der Waals surface area contributed by atoms with Gasteiger partial charge in [0.25, 0.3) is 0 Å². The first-order valence-electron chi connectivity index (χ1n) is 10.4. The number of amides is 1. The number of piperazine rings is 1. The van der Waals surface area contributed by atoms with E-state index < -0.39 is 5.82 Å². The molecule has 0 aliphatic carbocycles. The first-order valence-corrected chi connectivity index (χ1v) is 10.8. The maximum absolute atomic E-state index is 13.5. The molecule has 1 fully saturated rings. The molecule has 0 saturated carbocycles. The Kier molecular flexibility index (Phi) is 6.57. The minimum Gasteiger partial charge on any atom is -0.369 e. The molecular weight excluding hydrogens is 443 g/mol. The molecule has 3 aromatic rings. The number of carbonyl (C=O) groups is 1. The van der Waals surface area contributed by atoms with Crippen LogP contribution in [0.5, 0.6) is 0 Å². The summed E-state index contributed by atoms with van der Waals surface area (Å²) < 4.78 is 13.5. The fourth-order valence-electron chi connectivity index (χ4n) is 3.69. The molecule has 2 N–H and O–H groups in total. The summed E-state index contributed by atoms with van der Waals surface area (Å²) in [5, 5.41) is 6.71. The van der Waals surface area contributed by atoms with E-state index in [0.29, 0.717) is 28.1 Å². The largest absolute Gasteiger partial charge is 0.369 e. The van der Waals surface area contributed by atoms with Gasteiger partial charge < -0.3 is 20.4 Å². The topological polar surface area (TPSA) is 73.4 Å². The average molecular weight is 467 g/mol. The fraction of sp³-hybridized carbons (Fsp3) is 0.208. The number of nitrogens with one attached hydrogen (secondary N) is 2. The van der Waals surface area contributed by atoms with Crippen LogP contribution < -0.4 is 10.6 Å². The smallest absolute Gasteiger partial charge is 0.247 e. The summed E-state index contributed by atoms with van der Waals surface area (Å²) in [7, 11) is 2.09. The van der Waals surface area contributed by atoms with Crippen LogP contribution in [0.25, 0.3) is 16.6 Å². The second-order valence-electron chi connectivity index (χ2n) is 7.82. The van der Waals surface area contributed by atoms with Gasteiger partial charge in [-0.3, -0.25) is 4.79 Å². The Labute approximate surface area is 196 Å². The molecule has 1 aliphatic rings. The SMILES string of the molecule is C=CC(=O)Nc1cc2c(Nc3ccc(F)c(Cl)c3)ncnc2cc1C(=C)N1CCN(C)CC1. The third-order valence-electron chi connectivity index (χ3n) is 5.60. The number of hydrogen-bond donors (Lipinski definition) is 2. The van der Waals surface area contributed by atoms with E-state index in [0.717, 1.165) is 37.4 Å². The van der Waals surface area contributed by atoms with Gasteiger partial charge in [-0.2, -0.15) is 0 Å². The fourth-order valence-corrected chi connectivity index (χ4v) is 3.87. The summed E-state index contributed by atoms with van der Waals surface area (Å²) in [6, 6.07) is 8.02. The van der Waals surface area contributed by atoms with Gasteiger partial charge in [-0.1, -0.05) is 24.8 Å². The van der Waals surface area contributed by atoms with E-state index in [-0.39, 0.29) is 10.9 Å². The van der Waals surface area contributed by atoms with Crippen LogP contribution in [0.15, 0.2) is 55.9 Å². The van der Waals surface area contributed by atoms with Crippen LogP contribution in [0.1, 0.15) is 5.56 Å². The van der Waals surface area contributed by atoms with E-state index in [4.69, 9.17) is 11.6 Å². The van der Waals surface area contributed by atoms with Crippen molar-refractivity contribution in [3.8, 4) is 0 Å². The minimum absolute atomic E-state index is 0.00283. The van der Waals surface area contributed by atoms with Gasteiger partial charge in [-0.25, -0.2) is 14.4 Å². The van der Waals surface area contributed by atoms with Crippen molar-refractivity contribution in [2.24, 2.45) is 0 Å². The van der Waals surface area contributed by atoms with Gasteiger partial charge >= 0.3 is 0 Å². The number of carbonyl (C=O) groups excluding carboxylic acids is 1. The van der Waals surface area contributed by atoms with E-state index in [2.05, 4.69) is 50.6 Å². The van der Waals surface area contributed by atoms with Crippen molar-refractivity contribution >= 4 is 51.3 Å². The predicted molar refractivity (Wildman–Crippen MR) is 131 cm³/mol. The number of rotatable bonds is 6. The van der Waals surface area contributed by atoms with Crippen molar-refractivity contribution in [2.45, 2.75) is 0 Å². The highest BCUT2D eigenvalue weighted by molar-refractivity contribution is 6.31. The van der Waals surface area contributed by atoms with Crippen molar-refractivity contribution in [1.29, 1.82) is 0 Å². The van der Waals surface area contributed by atoms with Crippen LogP contribution in [0, 0.1) is 5.82 Å². The molecule has 4 rings (SSSR count). The van der Waals surface area contributed by atoms with Crippen LogP contribution in [0.4, 0.5) is 21.6 Å². The van der Waals surface area contributed by atoms with E-state index in [1.165, 1.54) is 24.5 Å². The Morgan fingerprint density at radius 3 is 2.64 bits per heavy atom. The van der Waals surface area contributed by atoms with Crippen molar-refractivity contribution < 1.29 is 9.18 Å². The minimum atomic E-state index is -0.503. The maximum atomic E-state index is 13.5. The van der Waals surface area contributed by atoms with E-state index >= 15 is 0 Å². The normalized spacial score (nSPS) is 14.2. The van der Waals surface area contributed by atoms with Crippen molar-refractivity contribution in [1.82, 2.24) is 19.8 Å². The van der Waals surface area contributed by atoms with Crippen molar-refractivity contribution in [2.75, 3.05) is 43.9 Å². The van der Waals surface area contributed by atoms with Gasteiger partial charge in [-0.15, -0.1) is 0 Å². The zero-order valence-corrected chi connectivity index (χ0v) is 19.0. The molecule has 170 valence electrons. The van der Waals surface area contributed by atoms with Gasteiger partial charge in [0.15, 0.2) is 0 Å². The molecule has 0 bridgehead atoms. The third-order valence-corrected chi connectivity index (χ3v) is 5.89. The number of likely N-dealkylation sites (N-methyl/N-ethyl adjacent to an activating group) is 1. The molecule has 1 amide bonds. The lowest BCUT2D eigenvalue weighted by atomic mass is 10.0. The summed E-state index contributed by atoms with van der Waals surface area (Å²) in [4.78, 5) is 25.4. The standard InChI is InChI=1S/C24H24ClFN6O/c1-4-23(33)30-22-13-18-21(12-17(22)15(2)32-9-7-31(3)8-10-32)27-14-28-24(18)29-16-5-6-20(26)19(25)11-16/h4-6,11-14H,1-2,7-10H2,3H3,(H,30,33)(H,27,28,29). The Balaban J connectivity index is 1.76. The maximum Gasteiger partial charge on any atom is 0.247 e. The number of benzene rings is 2. The molecule has 7 nitrogen and oxygen atoms in total. The molecule has 9 heteroatoms. The Hall–Kier alpha value is -3.49. The van der Waals surface area contributed by atoms with E-state index in [1.807, 2.05) is 6.07 Å². The predicted octanol–water partition coefficient (Wildman–Crippen LogP) is 4.51. The van der Waals surface area contributed by atoms with Crippen LogP contribution >= 0.6 is 11.6 Å². The van der Waals surface area contributed by atoms with Crippen LogP contribution in [0.3, 0.4) is 0 Å². The molecule has 0 atom stereocenters. The Bertz CT molecular complexity index is 1240. The lowest BCUT2D eigenvalue weighted by molar-refractivity contribution is -0.111. The number of fused-ring (bicyclic) bond motifs is 1. The molecule has 1 aromatic heterocycles. The second kappa shape index (κ2) is 9.56. The molecule has 0 radical (unpaired) electrons. The number of nitrogens with zero attached hydrogens (tertiary/aromatic N) is 4. The number of aromatic nitrogens is 2. The van der Waals surface area contributed by atoms with Crippen LogP contribution in [-0.4, -0.2) is 58.9 Å². The van der Waals surface area contributed by atoms with Crippen LogP contribution in [-0.2, 0) is 4.79 Å². The van der Waals surface area contributed by atoms with Gasteiger partial charge in [0.05, 0.1) is 16.2 Å². The number of anilines is 3. The average Bonchev–Trinajstić information content (AvgIpc) is 2.81. The number of hydrogen-bond acceptors (Lipinski definition) is 6. The summed E-state index contributed by atoms with van der Waals surface area (Å²) in [5.41, 5.74) is 3.40. The summed E-state index contributed by atoms with van der Waals surface area (Å²) in [6.07, 6.45) is 2.66. The summed E-state index contributed by atoms with van der Waals surface area (Å²) >= 11 is 5.91. The molecule has 1 aliphatic heterocycles. The highest BCUT2D eigenvalue weighted by atomic mass is 35.5. The monoisotopic (exact) mass is 466 g/mol. The lowest BCUT2D eigenvalue weighted by Gasteiger charge is -2.35. The molecule has 0 unspecified atom stereocenters. The van der Waals surface area contributed by atoms with Gasteiger partial charge in [0.2, 0.25) is 5.91 Å². The lowest BCUT2D eigenvalue weighted by Crippen LogP contribution is -2.43. The molecule has 2 heterocycles. The van der Waals surface area contributed by atoms with Gasteiger partial charge in [0.1, 0.15) is 18.0 Å². The van der Waals surface area contributed by atoms with Gasteiger partial charge in [-0.05, 0) is 43.5 Å². The van der Waals surface area contributed by atoms with E-state index in [9.17, 15) is 9.18 Å². The Morgan fingerprint density at radius 2 is 1.94 bits per heavy atom. The molecule has 2 aromatic carbocycles. The first-order chi connectivity index (χ1) is 15.9. The van der Waals surface area contributed by atoms with Crippen LogP contribution in [0.2, 0.25) is 5.02 Å². The Morgan fingerprint density at radius 1 is 1.18 bits per heavy atom. The van der Waals surface area contributed by atoms with Gasteiger partial charge in [0, 0.05) is 48.5 Å². The third kappa shape index (κ3) is 4.97. The van der Waals surface area contributed by atoms with Crippen molar-refractivity contribution in [3.05, 3.63) is 72.3 Å². The molecule has 0 spiro atoms.